The minimum atomic E-state index is -0.654. The molecule has 0 saturated carbocycles. The summed E-state index contributed by atoms with van der Waals surface area (Å²) in [6.07, 6.45) is 0.462. The van der Waals surface area contributed by atoms with Gasteiger partial charge >= 0.3 is 0 Å². The van der Waals surface area contributed by atoms with Crippen LogP contribution in [0.3, 0.4) is 0 Å². The van der Waals surface area contributed by atoms with Crippen molar-refractivity contribution in [2.75, 3.05) is 11.4 Å². The number of carbonyl (C=O) groups excluding carboxylic acids is 3. The van der Waals surface area contributed by atoms with E-state index in [1.54, 1.807) is 11.0 Å². The quantitative estimate of drug-likeness (QED) is 0.537. The molecule has 1 heterocycles. The minimum absolute atomic E-state index is 0.127. The molecule has 1 N–H and O–H groups in total. The minimum Gasteiger partial charge on any atom is -0.350 e. The third-order valence-corrected chi connectivity index (χ3v) is 6.30. The molecule has 1 aliphatic rings. The summed E-state index contributed by atoms with van der Waals surface area (Å²) in [7, 11) is 0. The summed E-state index contributed by atoms with van der Waals surface area (Å²) >= 11 is 0. The topological polar surface area (TPSA) is 69.7 Å². The molecule has 6 heteroatoms. The predicted molar refractivity (Wildman–Crippen MR) is 139 cm³/mol. The van der Waals surface area contributed by atoms with Crippen molar-refractivity contribution in [2.45, 2.75) is 59.2 Å². The van der Waals surface area contributed by atoms with E-state index in [0.717, 1.165) is 27.6 Å². The highest BCUT2D eigenvalue weighted by atomic mass is 16.2. The Labute approximate surface area is 206 Å². The number of anilines is 1. The van der Waals surface area contributed by atoms with Gasteiger partial charge in [-0.1, -0.05) is 61.0 Å². The third kappa shape index (κ3) is 5.06. The standard InChI is InChI=1S/C29H33N3O3/c1-6-23(27(34)30-29(3,4)5)31(17-20-15-13-19(2)14-16-20)25(33)18-32-24-12-8-10-21-9-7-11-22(26(21)24)28(32)35/h7-16,23H,6,17-18H2,1-5H3,(H,30,34). The van der Waals surface area contributed by atoms with Gasteiger partial charge in [-0.15, -0.1) is 0 Å². The Morgan fingerprint density at radius 1 is 1.00 bits per heavy atom. The Kier molecular flexibility index (Phi) is 6.66. The zero-order valence-corrected chi connectivity index (χ0v) is 21.1. The number of nitrogens with one attached hydrogen (secondary N) is 1. The molecule has 1 atom stereocenters. The second-order valence-corrected chi connectivity index (χ2v) is 10.2. The zero-order valence-electron chi connectivity index (χ0n) is 21.1. The van der Waals surface area contributed by atoms with Crippen LogP contribution in [0.2, 0.25) is 0 Å². The SMILES string of the molecule is CCC(C(=O)NC(C)(C)C)N(Cc1ccc(C)cc1)C(=O)CN1C(=O)c2cccc3cccc1c23. The summed E-state index contributed by atoms with van der Waals surface area (Å²) < 4.78 is 0. The second kappa shape index (κ2) is 9.53. The molecule has 182 valence electrons. The molecular formula is C29H33N3O3. The Bertz CT molecular complexity index is 1270. The average molecular weight is 472 g/mol. The van der Waals surface area contributed by atoms with Crippen LogP contribution < -0.4 is 10.2 Å². The average Bonchev–Trinajstić information content (AvgIpc) is 3.07. The van der Waals surface area contributed by atoms with Crippen molar-refractivity contribution in [2.24, 2.45) is 0 Å². The molecule has 0 fully saturated rings. The molecule has 35 heavy (non-hydrogen) atoms. The van der Waals surface area contributed by atoms with Gasteiger partial charge in [-0.05, 0) is 57.2 Å². The van der Waals surface area contributed by atoms with Crippen molar-refractivity contribution in [1.82, 2.24) is 10.2 Å². The molecule has 0 radical (unpaired) electrons. The van der Waals surface area contributed by atoms with Crippen LogP contribution in [0, 0.1) is 6.92 Å². The zero-order chi connectivity index (χ0) is 25.3. The first-order valence-electron chi connectivity index (χ1n) is 12.1. The summed E-state index contributed by atoms with van der Waals surface area (Å²) in [5.41, 5.74) is 2.97. The normalized spacial score (nSPS) is 13.7. The second-order valence-electron chi connectivity index (χ2n) is 10.2. The van der Waals surface area contributed by atoms with Gasteiger partial charge in [0, 0.05) is 23.0 Å². The van der Waals surface area contributed by atoms with Gasteiger partial charge in [0.05, 0.1) is 5.69 Å². The molecule has 6 nitrogen and oxygen atoms in total. The van der Waals surface area contributed by atoms with Gasteiger partial charge in [0.15, 0.2) is 0 Å². The monoisotopic (exact) mass is 471 g/mol. The van der Waals surface area contributed by atoms with Gasteiger partial charge in [-0.25, -0.2) is 0 Å². The fourth-order valence-corrected chi connectivity index (χ4v) is 4.62. The van der Waals surface area contributed by atoms with Crippen LogP contribution in [0.15, 0.2) is 60.7 Å². The number of rotatable bonds is 7. The molecule has 3 amide bonds. The fourth-order valence-electron chi connectivity index (χ4n) is 4.62. The third-order valence-electron chi connectivity index (χ3n) is 6.30. The van der Waals surface area contributed by atoms with Crippen LogP contribution >= 0.6 is 0 Å². The summed E-state index contributed by atoms with van der Waals surface area (Å²) in [6.45, 7) is 9.83. The van der Waals surface area contributed by atoms with Crippen molar-refractivity contribution < 1.29 is 14.4 Å². The first-order chi connectivity index (χ1) is 16.6. The van der Waals surface area contributed by atoms with E-state index in [-0.39, 0.29) is 30.8 Å². The van der Waals surface area contributed by atoms with Gasteiger partial charge in [0.25, 0.3) is 5.91 Å². The maximum Gasteiger partial charge on any atom is 0.259 e. The number of aryl methyl sites for hydroxylation is 1. The lowest BCUT2D eigenvalue weighted by molar-refractivity contribution is -0.141. The summed E-state index contributed by atoms with van der Waals surface area (Å²) in [4.78, 5) is 43.5. The van der Waals surface area contributed by atoms with Gasteiger partial charge in [0.1, 0.15) is 12.6 Å². The van der Waals surface area contributed by atoms with Crippen LogP contribution in [-0.4, -0.2) is 40.7 Å². The van der Waals surface area contributed by atoms with E-state index < -0.39 is 11.6 Å². The van der Waals surface area contributed by atoms with Crippen molar-refractivity contribution in [1.29, 1.82) is 0 Å². The van der Waals surface area contributed by atoms with Crippen LogP contribution in [0.4, 0.5) is 5.69 Å². The van der Waals surface area contributed by atoms with E-state index >= 15 is 0 Å². The Morgan fingerprint density at radius 2 is 1.66 bits per heavy atom. The molecule has 0 aliphatic carbocycles. The number of carbonyl (C=O) groups is 3. The number of benzene rings is 3. The summed E-state index contributed by atoms with van der Waals surface area (Å²) in [6, 6.07) is 18.6. The first-order valence-corrected chi connectivity index (χ1v) is 12.1. The van der Waals surface area contributed by atoms with Crippen molar-refractivity contribution in [3.05, 3.63) is 77.4 Å². The lowest BCUT2D eigenvalue weighted by Gasteiger charge is -2.34. The first kappa shape index (κ1) is 24.5. The Morgan fingerprint density at radius 3 is 2.29 bits per heavy atom. The Balaban J connectivity index is 1.66. The smallest absolute Gasteiger partial charge is 0.259 e. The Hall–Kier alpha value is -3.67. The molecule has 0 spiro atoms. The van der Waals surface area contributed by atoms with Gasteiger partial charge in [-0.2, -0.15) is 0 Å². The van der Waals surface area contributed by atoms with Crippen LogP contribution in [0.1, 0.15) is 55.6 Å². The molecule has 3 aromatic rings. The largest absolute Gasteiger partial charge is 0.350 e. The van der Waals surface area contributed by atoms with E-state index in [2.05, 4.69) is 5.32 Å². The van der Waals surface area contributed by atoms with Gasteiger partial charge < -0.3 is 10.2 Å². The van der Waals surface area contributed by atoms with E-state index in [1.807, 2.05) is 89.2 Å². The van der Waals surface area contributed by atoms with Crippen molar-refractivity contribution in [3.63, 3.8) is 0 Å². The molecule has 0 bridgehead atoms. The molecule has 1 aliphatic heterocycles. The summed E-state index contributed by atoms with van der Waals surface area (Å²) in [5, 5.41) is 4.86. The maximum atomic E-state index is 13.8. The highest BCUT2D eigenvalue weighted by molar-refractivity contribution is 6.26. The molecular weight excluding hydrogens is 438 g/mol. The summed E-state index contributed by atoms with van der Waals surface area (Å²) in [5.74, 6) is -0.647. The van der Waals surface area contributed by atoms with Crippen LogP contribution in [0.25, 0.3) is 10.8 Å². The molecule has 3 aromatic carbocycles. The van der Waals surface area contributed by atoms with Crippen LogP contribution in [0.5, 0.6) is 0 Å². The highest BCUT2D eigenvalue weighted by Gasteiger charge is 2.35. The molecule has 1 unspecified atom stereocenters. The van der Waals surface area contributed by atoms with E-state index in [0.29, 0.717) is 12.0 Å². The molecule has 0 saturated heterocycles. The van der Waals surface area contributed by atoms with Crippen LogP contribution in [-0.2, 0) is 16.1 Å². The van der Waals surface area contributed by atoms with Gasteiger partial charge in [-0.3, -0.25) is 19.3 Å². The molecule has 4 rings (SSSR count). The fraction of sp³-hybridized carbons (Fsp3) is 0.345. The van der Waals surface area contributed by atoms with E-state index in [9.17, 15) is 14.4 Å². The predicted octanol–water partition coefficient (Wildman–Crippen LogP) is 4.83. The lowest BCUT2D eigenvalue weighted by atomic mass is 10.0. The van der Waals surface area contributed by atoms with Gasteiger partial charge in [0.2, 0.25) is 11.8 Å². The number of hydrogen-bond acceptors (Lipinski definition) is 3. The lowest BCUT2D eigenvalue weighted by Crippen LogP contribution is -2.55. The molecule has 0 aromatic heterocycles. The van der Waals surface area contributed by atoms with Crippen molar-refractivity contribution in [3.8, 4) is 0 Å². The van der Waals surface area contributed by atoms with E-state index in [1.165, 1.54) is 4.90 Å². The number of nitrogens with zero attached hydrogens (tertiary/aromatic N) is 2. The van der Waals surface area contributed by atoms with Crippen molar-refractivity contribution >= 4 is 34.2 Å². The number of hydrogen-bond donors (Lipinski definition) is 1. The highest BCUT2D eigenvalue weighted by Crippen LogP contribution is 2.37. The number of amides is 3. The maximum absolute atomic E-state index is 13.8. The van der Waals surface area contributed by atoms with E-state index in [4.69, 9.17) is 0 Å².